The molecule has 0 bridgehead atoms. The van der Waals surface area contributed by atoms with E-state index in [0.29, 0.717) is 12.1 Å². The quantitative estimate of drug-likeness (QED) is 0.714. The van der Waals surface area contributed by atoms with Gasteiger partial charge in [0.05, 0.1) is 11.7 Å². The van der Waals surface area contributed by atoms with Crippen molar-refractivity contribution in [3.63, 3.8) is 0 Å². The van der Waals surface area contributed by atoms with E-state index in [9.17, 15) is 0 Å². The molecule has 15 heavy (non-hydrogen) atoms. The summed E-state index contributed by atoms with van der Waals surface area (Å²) in [6.45, 7) is 9.82. The zero-order chi connectivity index (χ0) is 11.5. The first kappa shape index (κ1) is 13.0. The molecule has 1 saturated carbocycles. The van der Waals surface area contributed by atoms with Gasteiger partial charge in [-0.15, -0.1) is 0 Å². The topological polar surface area (TPSA) is 12.5 Å². The molecule has 2 nitrogen and oxygen atoms in total. The lowest BCUT2D eigenvalue weighted by Crippen LogP contribution is -2.47. The van der Waals surface area contributed by atoms with Crippen LogP contribution in [0.25, 0.3) is 0 Å². The molecule has 1 aliphatic carbocycles. The maximum absolute atomic E-state index is 6.17. The fourth-order valence-corrected chi connectivity index (χ4v) is 2.41. The van der Waals surface area contributed by atoms with Gasteiger partial charge < -0.3 is 9.64 Å². The van der Waals surface area contributed by atoms with Crippen molar-refractivity contribution in [3.05, 3.63) is 0 Å². The maximum Gasteiger partial charge on any atom is 0.0737 e. The fourth-order valence-electron chi connectivity index (χ4n) is 2.41. The average molecular weight is 213 g/mol. The Morgan fingerprint density at radius 2 is 1.80 bits per heavy atom. The number of likely N-dealkylation sites (N-methyl/N-ethyl adjacent to an activating group) is 1. The number of ether oxygens (including phenoxy) is 1. The summed E-state index contributed by atoms with van der Waals surface area (Å²) in [6.07, 6.45) is 5.65. The second-order valence-electron chi connectivity index (χ2n) is 5.69. The molecule has 0 N–H and O–H groups in total. The van der Waals surface area contributed by atoms with Gasteiger partial charge in [0, 0.05) is 6.04 Å². The monoisotopic (exact) mass is 213 g/mol. The van der Waals surface area contributed by atoms with Crippen LogP contribution in [0.1, 0.15) is 53.4 Å². The number of hydrogen-bond donors (Lipinski definition) is 0. The van der Waals surface area contributed by atoms with Crippen LogP contribution in [0, 0.1) is 0 Å². The van der Waals surface area contributed by atoms with E-state index < -0.39 is 0 Å². The van der Waals surface area contributed by atoms with Crippen molar-refractivity contribution in [2.75, 3.05) is 13.6 Å². The standard InChI is InChI=1S/C13H27NO/c1-6-14(5)11-9-7-8-10-12(11)15-13(2,3)4/h11-12H,6-10H2,1-5H3/t11-,12-/m1/s1. The summed E-state index contributed by atoms with van der Waals surface area (Å²) in [5.41, 5.74) is -0.00512. The van der Waals surface area contributed by atoms with Crippen LogP contribution >= 0.6 is 0 Å². The summed E-state index contributed by atoms with van der Waals surface area (Å²) in [7, 11) is 2.22. The van der Waals surface area contributed by atoms with Crippen molar-refractivity contribution in [3.8, 4) is 0 Å². The molecule has 0 unspecified atom stereocenters. The highest BCUT2D eigenvalue weighted by molar-refractivity contribution is 4.84. The number of rotatable bonds is 3. The van der Waals surface area contributed by atoms with Crippen LogP contribution in [0.2, 0.25) is 0 Å². The molecule has 0 aromatic heterocycles. The highest BCUT2D eigenvalue weighted by Crippen LogP contribution is 2.28. The van der Waals surface area contributed by atoms with Crippen LogP contribution in [0.4, 0.5) is 0 Å². The van der Waals surface area contributed by atoms with Crippen LogP contribution in [-0.2, 0) is 4.74 Å². The predicted octanol–water partition coefficient (Wildman–Crippen LogP) is 3.06. The minimum Gasteiger partial charge on any atom is -0.371 e. The molecule has 2 heteroatoms. The Morgan fingerprint density at radius 1 is 1.20 bits per heavy atom. The highest BCUT2D eigenvalue weighted by Gasteiger charge is 2.31. The van der Waals surface area contributed by atoms with E-state index in [1.54, 1.807) is 0 Å². The van der Waals surface area contributed by atoms with Gasteiger partial charge in [0.25, 0.3) is 0 Å². The van der Waals surface area contributed by atoms with Gasteiger partial charge in [0.1, 0.15) is 0 Å². The zero-order valence-electron chi connectivity index (χ0n) is 11.0. The minimum atomic E-state index is -0.00512. The molecule has 2 atom stereocenters. The van der Waals surface area contributed by atoms with Crippen molar-refractivity contribution in [1.29, 1.82) is 0 Å². The van der Waals surface area contributed by atoms with E-state index in [-0.39, 0.29) is 5.60 Å². The molecule has 0 aromatic rings. The molecule has 0 aromatic carbocycles. The Labute approximate surface area is 95.0 Å². The summed E-state index contributed by atoms with van der Waals surface area (Å²) in [6, 6.07) is 0.628. The molecular weight excluding hydrogens is 186 g/mol. The Morgan fingerprint density at radius 3 is 2.33 bits per heavy atom. The second-order valence-corrected chi connectivity index (χ2v) is 5.69. The Balaban J connectivity index is 2.57. The van der Waals surface area contributed by atoms with Crippen LogP contribution in [0.15, 0.2) is 0 Å². The van der Waals surface area contributed by atoms with Crippen molar-refractivity contribution in [2.24, 2.45) is 0 Å². The highest BCUT2D eigenvalue weighted by atomic mass is 16.5. The molecule has 90 valence electrons. The lowest BCUT2D eigenvalue weighted by atomic mass is 9.91. The van der Waals surface area contributed by atoms with E-state index in [1.807, 2.05) is 0 Å². The molecular formula is C13H27NO. The minimum absolute atomic E-state index is 0.00512. The van der Waals surface area contributed by atoms with Crippen LogP contribution in [0.3, 0.4) is 0 Å². The average Bonchev–Trinajstić information content (AvgIpc) is 2.15. The van der Waals surface area contributed by atoms with Gasteiger partial charge >= 0.3 is 0 Å². The van der Waals surface area contributed by atoms with E-state index in [0.717, 1.165) is 6.54 Å². The Bertz CT molecular complexity index is 185. The summed E-state index contributed by atoms with van der Waals surface area (Å²) in [5, 5.41) is 0. The van der Waals surface area contributed by atoms with Crippen LogP contribution in [-0.4, -0.2) is 36.2 Å². The molecule has 0 aliphatic heterocycles. The van der Waals surface area contributed by atoms with Crippen molar-refractivity contribution >= 4 is 0 Å². The summed E-state index contributed by atoms with van der Waals surface area (Å²) >= 11 is 0. The van der Waals surface area contributed by atoms with Crippen LogP contribution < -0.4 is 0 Å². The third kappa shape index (κ3) is 4.12. The van der Waals surface area contributed by atoms with Crippen LogP contribution in [0.5, 0.6) is 0 Å². The predicted molar refractivity (Wildman–Crippen MR) is 65.2 cm³/mol. The largest absolute Gasteiger partial charge is 0.371 e. The van der Waals surface area contributed by atoms with Gasteiger partial charge in [-0.3, -0.25) is 0 Å². The van der Waals surface area contributed by atoms with Gasteiger partial charge in [-0.2, -0.15) is 0 Å². The summed E-state index contributed by atoms with van der Waals surface area (Å²) < 4.78 is 6.17. The van der Waals surface area contributed by atoms with E-state index >= 15 is 0 Å². The smallest absolute Gasteiger partial charge is 0.0737 e. The maximum atomic E-state index is 6.17. The van der Waals surface area contributed by atoms with Gasteiger partial charge in [0.15, 0.2) is 0 Å². The third-order valence-corrected chi connectivity index (χ3v) is 3.24. The van der Waals surface area contributed by atoms with Gasteiger partial charge in [-0.1, -0.05) is 19.8 Å². The molecule has 1 aliphatic rings. The first-order valence-electron chi connectivity index (χ1n) is 6.32. The number of nitrogens with zero attached hydrogens (tertiary/aromatic N) is 1. The third-order valence-electron chi connectivity index (χ3n) is 3.24. The van der Waals surface area contributed by atoms with E-state index in [4.69, 9.17) is 4.74 Å². The lowest BCUT2D eigenvalue weighted by Gasteiger charge is -2.40. The Hall–Kier alpha value is -0.0800. The molecule has 0 heterocycles. The van der Waals surface area contributed by atoms with E-state index in [1.165, 1.54) is 25.7 Å². The summed E-state index contributed by atoms with van der Waals surface area (Å²) in [4.78, 5) is 2.44. The SMILES string of the molecule is CCN(C)[C@@H]1CCCC[C@H]1OC(C)(C)C. The molecule has 0 amide bonds. The molecule has 0 saturated heterocycles. The summed E-state index contributed by atoms with van der Waals surface area (Å²) in [5.74, 6) is 0. The van der Waals surface area contributed by atoms with Gasteiger partial charge in [-0.25, -0.2) is 0 Å². The second kappa shape index (κ2) is 5.31. The molecule has 1 rings (SSSR count). The lowest BCUT2D eigenvalue weighted by molar-refractivity contribution is -0.105. The van der Waals surface area contributed by atoms with Gasteiger partial charge in [-0.05, 0) is 47.2 Å². The fraction of sp³-hybridized carbons (Fsp3) is 1.00. The van der Waals surface area contributed by atoms with Crippen molar-refractivity contribution in [2.45, 2.75) is 71.1 Å². The van der Waals surface area contributed by atoms with Crippen molar-refractivity contribution < 1.29 is 4.74 Å². The first-order valence-corrected chi connectivity index (χ1v) is 6.32. The molecule has 0 radical (unpaired) electrons. The zero-order valence-corrected chi connectivity index (χ0v) is 11.0. The number of hydrogen-bond acceptors (Lipinski definition) is 2. The van der Waals surface area contributed by atoms with Gasteiger partial charge in [0.2, 0.25) is 0 Å². The van der Waals surface area contributed by atoms with Crippen molar-refractivity contribution in [1.82, 2.24) is 4.90 Å². The molecule has 1 fully saturated rings. The molecule has 0 spiro atoms. The Kier molecular flexibility index (Phi) is 4.60. The first-order chi connectivity index (χ1) is 6.94. The van der Waals surface area contributed by atoms with E-state index in [2.05, 4.69) is 39.6 Å². The normalized spacial score (nSPS) is 28.4.